The molecule has 0 unspecified atom stereocenters. The normalized spacial score (nSPS) is 25.0. The number of morpholine rings is 1. The van der Waals surface area contributed by atoms with Crippen molar-refractivity contribution in [3.05, 3.63) is 17.6 Å². The Kier molecular flexibility index (Phi) is 4.80. The van der Waals surface area contributed by atoms with Crippen LogP contribution >= 0.6 is 0 Å². The molecule has 6 nitrogen and oxygen atoms in total. The molecule has 6 heteroatoms. The molecule has 2 fully saturated rings. The molecule has 0 aromatic carbocycles. The van der Waals surface area contributed by atoms with Crippen LogP contribution in [0.4, 0.5) is 5.82 Å². The van der Waals surface area contributed by atoms with Crippen molar-refractivity contribution < 1.29 is 9.53 Å². The number of carbonyl (C=O) groups excluding carboxylic acids is 1. The molecule has 1 amide bonds. The van der Waals surface area contributed by atoms with Crippen LogP contribution in [-0.2, 0) is 16.0 Å². The molecule has 23 heavy (non-hydrogen) atoms. The molecule has 0 saturated carbocycles. The Labute approximate surface area is 137 Å². The van der Waals surface area contributed by atoms with E-state index >= 15 is 0 Å². The lowest BCUT2D eigenvalue weighted by molar-refractivity contribution is -0.140. The second-order valence-electron chi connectivity index (χ2n) is 6.54. The molecule has 0 bridgehead atoms. The van der Waals surface area contributed by atoms with Crippen molar-refractivity contribution in [1.29, 1.82) is 0 Å². The van der Waals surface area contributed by atoms with E-state index in [-0.39, 0.29) is 11.8 Å². The highest BCUT2D eigenvalue weighted by atomic mass is 16.5. The van der Waals surface area contributed by atoms with Crippen LogP contribution in [0.1, 0.15) is 25.4 Å². The lowest BCUT2D eigenvalue weighted by Gasteiger charge is -2.30. The molecule has 0 aliphatic carbocycles. The van der Waals surface area contributed by atoms with Crippen molar-refractivity contribution in [2.24, 2.45) is 11.8 Å². The lowest BCUT2D eigenvalue weighted by Crippen LogP contribution is -2.45. The fourth-order valence-corrected chi connectivity index (χ4v) is 3.45. The van der Waals surface area contributed by atoms with Gasteiger partial charge in [-0.2, -0.15) is 0 Å². The number of aryl methyl sites for hydroxylation is 2. The average Bonchev–Trinajstić information content (AvgIpc) is 2.96. The van der Waals surface area contributed by atoms with E-state index in [1.807, 2.05) is 11.8 Å². The Bertz CT molecular complexity index is 572. The highest BCUT2D eigenvalue weighted by Gasteiger charge is 2.38. The van der Waals surface area contributed by atoms with Gasteiger partial charge in [-0.1, -0.05) is 13.8 Å². The molecule has 2 saturated heterocycles. The predicted molar refractivity (Wildman–Crippen MR) is 88.4 cm³/mol. The van der Waals surface area contributed by atoms with Crippen molar-refractivity contribution >= 4 is 11.7 Å². The molecule has 1 aromatic heterocycles. The molecule has 1 aromatic rings. The maximum absolute atomic E-state index is 12.8. The minimum Gasteiger partial charge on any atom is -0.378 e. The number of amides is 1. The maximum Gasteiger partial charge on any atom is 0.227 e. The highest BCUT2D eigenvalue weighted by Crippen LogP contribution is 2.29. The van der Waals surface area contributed by atoms with E-state index in [0.29, 0.717) is 32.2 Å². The molecule has 2 aliphatic rings. The van der Waals surface area contributed by atoms with Crippen molar-refractivity contribution in [3.8, 4) is 0 Å². The van der Waals surface area contributed by atoms with Gasteiger partial charge in [-0.05, 0) is 19.3 Å². The predicted octanol–water partition coefficient (Wildman–Crippen LogP) is 1.28. The van der Waals surface area contributed by atoms with Gasteiger partial charge in [0.05, 0.1) is 19.1 Å². The lowest BCUT2D eigenvalue weighted by atomic mass is 9.96. The summed E-state index contributed by atoms with van der Waals surface area (Å²) < 4.78 is 5.35. The van der Waals surface area contributed by atoms with Gasteiger partial charge in [0.1, 0.15) is 11.6 Å². The Morgan fingerprint density at radius 3 is 2.74 bits per heavy atom. The van der Waals surface area contributed by atoms with Gasteiger partial charge < -0.3 is 14.5 Å². The highest BCUT2D eigenvalue weighted by molar-refractivity contribution is 5.80. The van der Waals surface area contributed by atoms with Gasteiger partial charge in [0.25, 0.3) is 0 Å². The Morgan fingerprint density at radius 1 is 1.30 bits per heavy atom. The van der Waals surface area contributed by atoms with E-state index in [2.05, 4.69) is 34.8 Å². The van der Waals surface area contributed by atoms with Crippen molar-refractivity contribution in [3.63, 3.8) is 0 Å². The Hall–Kier alpha value is -1.69. The fraction of sp³-hybridized carbons (Fsp3) is 0.706. The quantitative estimate of drug-likeness (QED) is 0.840. The molecule has 0 N–H and O–H groups in total. The molecule has 0 radical (unpaired) electrons. The maximum atomic E-state index is 12.8. The summed E-state index contributed by atoms with van der Waals surface area (Å²) in [5.74, 6) is 2.41. The van der Waals surface area contributed by atoms with Crippen LogP contribution < -0.4 is 4.90 Å². The summed E-state index contributed by atoms with van der Waals surface area (Å²) in [6.45, 7) is 10.6. The number of carbonyl (C=O) groups is 1. The van der Waals surface area contributed by atoms with E-state index in [1.54, 1.807) is 0 Å². The second-order valence-corrected chi connectivity index (χ2v) is 6.54. The SMILES string of the molecule is CCc1cc(N2C[C@@H](C)[C@H](C(=O)N3CCOCC3)C2)nc(C)n1. The van der Waals surface area contributed by atoms with Gasteiger partial charge in [0.15, 0.2) is 0 Å². The number of nitrogens with zero attached hydrogens (tertiary/aromatic N) is 4. The van der Waals surface area contributed by atoms with E-state index < -0.39 is 0 Å². The Balaban J connectivity index is 1.73. The number of hydrogen-bond donors (Lipinski definition) is 0. The molecular formula is C17H26N4O2. The van der Waals surface area contributed by atoms with E-state index in [1.165, 1.54) is 0 Å². The summed E-state index contributed by atoms with van der Waals surface area (Å²) in [6.07, 6.45) is 0.899. The van der Waals surface area contributed by atoms with Crippen molar-refractivity contribution in [2.75, 3.05) is 44.3 Å². The van der Waals surface area contributed by atoms with Gasteiger partial charge in [-0.15, -0.1) is 0 Å². The molecule has 2 atom stereocenters. The first-order valence-corrected chi connectivity index (χ1v) is 8.54. The van der Waals surface area contributed by atoms with Crippen LogP contribution in [0.25, 0.3) is 0 Å². The van der Waals surface area contributed by atoms with Gasteiger partial charge in [-0.3, -0.25) is 4.79 Å². The summed E-state index contributed by atoms with van der Waals surface area (Å²) in [5.41, 5.74) is 1.06. The molecule has 2 aliphatic heterocycles. The summed E-state index contributed by atoms with van der Waals surface area (Å²) in [4.78, 5) is 26.0. The summed E-state index contributed by atoms with van der Waals surface area (Å²) >= 11 is 0. The first-order valence-electron chi connectivity index (χ1n) is 8.54. The van der Waals surface area contributed by atoms with Crippen LogP contribution in [-0.4, -0.2) is 60.2 Å². The smallest absolute Gasteiger partial charge is 0.227 e. The van der Waals surface area contributed by atoms with Gasteiger partial charge in [0.2, 0.25) is 5.91 Å². The number of ether oxygens (including phenoxy) is 1. The minimum absolute atomic E-state index is 0.0495. The van der Waals surface area contributed by atoms with E-state index in [4.69, 9.17) is 4.74 Å². The van der Waals surface area contributed by atoms with Crippen molar-refractivity contribution in [1.82, 2.24) is 14.9 Å². The number of anilines is 1. The average molecular weight is 318 g/mol. The second kappa shape index (κ2) is 6.83. The monoisotopic (exact) mass is 318 g/mol. The van der Waals surface area contributed by atoms with Gasteiger partial charge in [0, 0.05) is 37.9 Å². The molecule has 126 valence electrons. The largest absolute Gasteiger partial charge is 0.378 e. The minimum atomic E-state index is 0.0495. The van der Waals surface area contributed by atoms with E-state index in [9.17, 15) is 4.79 Å². The van der Waals surface area contributed by atoms with Crippen LogP contribution in [0.5, 0.6) is 0 Å². The topological polar surface area (TPSA) is 58.6 Å². The molecular weight excluding hydrogens is 292 g/mol. The zero-order valence-electron chi connectivity index (χ0n) is 14.3. The van der Waals surface area contributed by atoms with Crippen LogP contribution in [0.15, 0.2) is 6.07 Å². The molecule has 0 spiro atoms. The number of rotatable bonds is 3. The molecule has 3 rings (SSSR count). The third-order valence-corrected chi connectivity index (χ3v) is 4.82. The Morgan fingerprint density at radius 2 is 2.04 bits per heavy atom. The zero-order chi connectivity index (χ0) is 16.4. The molecule has 3 heterocycles. The number of hydrogen-bond acceptors (Lipinski definition) is 5. The first-order chi connectivity index (χ1) is 11.1. The van der Waals surface area contributed by atoms with Gasteiger partial charge >= 0.3 is 0 Å². The van der Waals surface area contributed by atoms with Crippen molar-refractivity contribution in [2.45, 2.75) is 27.2 Å². The summed E-state index contributed by atoms with van der Waals surface area (Å²) in [6, 6.07) is 2.06. The van der Waals surface area contributed by atoms with E-state index in [0.717, 1.165) is 36.8 Å². The van der Waals surface area contributed by atoms with Crippen LogP contribution in [0.3, 0.4) is 0 Å². The van der Waals surface area contributed by atoms with Gasteiger partial charge in [-0.25, -0.2) is 9.97 Å². The third-order valence-electron chi connectivity index (χ3n) is 4.82. The third kappa shape index (κ3) is 3.47. The van der Waals surface area contributed by atoms with Crippen LogP contribution in [0, 0.1) is 18.8 Å². The first kappa shape index (κ1) is 16.2. The summed E-state index contributed by atoms with van der Waals surface area (Å²) in [7, 11) is 0. The summed E-state index contributed by atoms with van der Waals surface area (Å²) in [5, 5.41) is 0. The fourth-order valence-electron chi connectivity index (χ4n) is 3.45. The van der Waals surface area contributed by atoms with Crippen LogP contribution in [0.2, 0.25) is 0 Å². The standard InChI is InChI=1S/C17H26N4O2/c1-4-14-9-16(19-13(3)18-14)21-10-12(2)15(11-21)17(22)20-5-7-23-8-6-20/h9,12,15H,4-8,10-11H2,1-3H3/t12-,15-/m1/s1. The number of aromatic nitrogens is 2. The zero-order valence-corrected chi connectivity index (χ0v) is 14.3.